The number of rotatable bonds is 10. The van der Waals surface area contributed by atoms with Crippen molar-refractivity contribution in [1.29, 1.82) is 0 Å². The molecule has 1 saturated heterocycles. The van der Waals surface area contributed by atoms with E-state index in [1.165, 1.54) is 16.9 Å². The van der Waals surface area contributed by atoms with Crippen LogP contribution in [0.4, 0.5) is 5.82 Å². The summed E-state index contributed by atoms with van der Waals surface area (Å²) in [5, 5.41) is 3.09. The number of anilines is 1. The predicted octanol–water partition coefficient (Wildman–Crippen LogP) is 2.87. The maximum absolute atomic E-state index is 13.2. The second-order valence-corrected chi connectivity index (χ2v) is 12.2. The third-order valence-corrected chi connectivity index (χ3v) is 8.92. The van der Waals surface area contributed by atoms with E-state index >= 15 is 0 Å². The highest BCUT2D eigenvalue weighted by molar-refractivity contribution is 7.89. The van der Waals surface area contributed by atoms with Crippen LogP contribution in [0.15, 0.2) is 29.3 Å². The van der Waals surface area contributed by atoms with E-state index in [4.69, 9.17) is 9.72 Å². The Bertz CT molecular complexity index is 1180. The molecule has 1 amide bonds. The lowest BCUT2D eigenvalue weighted by Gasteiger charge is -2.34. The van der Waals surface area contributed by atoms with Crippen LogP contribution in [0.3, 0.4) is 0 Å². The molecular formula is C27H41N5O4S. The van der Waals surface area contributed by atoms with Crippen LogP contribution < -0.4 is 15.0 Å². The minimum Gasteiger partial charge on any atom is -0.497 e. The van der Waals surface area contributed by atoms with Gasteiger partial charge in [-0.25, -0.2) is 17.7 Å². The fraction of sp³-hybridized carbons (Fsp3) is 0.556. The summed E-state index contributed by atoms with van der Waals surface area (Å²) < 4.78 is 32.9. The molecule has 0 radical (unpaired) electrons. The van der Waals surface area contributed by atoms with Crippen LogP contribution in [0.5, 0.6) is 5.75 Å². The molecule has 2 aromatic rings. The summed E-state index contributed by atoms with van der Waals surface area (Å²) in [6.45, 7) is 8.20. The topological polar surface area (TPSA) is 95.1 Å². The van der Waals surface area contributed by atoms with Crippen molar-refractivity contribution < 1.29 is 17.9 Å². The van der Waals surface area contributed by atoms with Gasteiger partial charge in [-0.15, -0.1) is 0 Å². The maximum atomic E-state index is 13.2. The van der Waals surface area contributed by atoms with Crippen LogP contribution >= 0.6 is 0 Å². The van der Waals surface area contributed by atoms with E-state index in [0.29, 0.717) is 16.9 Å². The molecule has 10 heteroatoms. The fourth-order valence-corrected chi connectivity index (χ4v) is 6.49. The number of hydrogen-bond donors (Lipinski definition) is 1. The van der Waals surface area contributed by atoms with Crippen LogP contribution in [0.2, 0.25) is 0 Å². The minimum absolute atomic E-state index is 0.0741. The van der Waals surface area contributed by atoms with Gasteiger partial charge in [-0.1, -0.05) is 0 Å². The third kappa shape index (κ3) is 7.21. The number of ether oxygens (including phenoxy) is 1. The fourth-order valence-electron chi connectivity index (χ4n) is 4.91. The lowest BCUT2D eigenvalue weighted by atomic mass is 10.0. The van der Waals surface area contributed by atoms with Crippen molar-refractivity contribution in [3.8, 4) is 5.75 Å². The lowest BCUT2D eigenvalue weighted by Crippen LogP contribution is -2.45. The monoisotopic (exact) mass is 531 g/mol. The normalized spacial score (nSPS) is 14.9. The minimum atomic E-state index is -3.72. The van der Waals surface area contributed by atoms with E-state index in [1.54, 1.807) is 33.1 Å². The molecule has 3 rings (SSSR count). The smallest absolute Gasteiger partial charge is 0.243 e. The molecule has 1 aromatic carbocycles. The van der Waals surface area contributed by atoms with Crippen molar-refractivity contribution in [2.75, 3.05) is 52.8 Å². The molecule has 1 aliphatic rings. The van der Waals surface area contributed by atoms with Gasteiger partial charge >= 0.3 is 0 Å². The lowest BCUT2D eigenvalue weighted by molar-refractivity contribution is -0.122. The molecule has 0 aliphatic carbocycles. The molecule has 1 aromatic heterocycles. The molecule has 2 heterocycles. The number of hydrogen-bond acceptors (Lipinski definition) is 7. The molecular weight excluding hydrogens is 490 g/mol. The number of amides is 1. The number of methoxy groups -OCH3 is 1. The van der Waals surface area contributed by atoms with Crippen molar-refractivity contribution in [3.05, 3.63) is 46.6 Å². The summed E-state index contributed by atoms with van der Waals surface area (Å²) in [5.74, 6) is 1.49. The highest BCUT2D eigenvalue weighted by Gasteiger charge is 2.27. The van der Waals surface area contributed by atoms with Gasteiger partial charge in [0, 0.05) is 51.9 Å². The summed E-state index contributed by atoms with van der Waals surface area (Å²) >= 11 is 0. The Kier molecular flexibility index (Phi) is 9.55. The Hall–Kier alpha value is -2.69. The van der Waals surface area contributed by atoms with E-state index in [0.717, 1.165) is 43.9 Å². The van der Waals surface area contributed by atoms with Crippen molar-refractivity contribution in [3.63, 3.8) is 0 Å². The molecule has 1 N–H and O–H groups in total. The third-order valence-electron chi connectivity index (χ3n) is 6.76. The summed E-state index contributed by atoms with van der Waals surface area (Å²) in [4.78, 5) is 22.0. The van der Waals surface area contributed by atoms with E-state index in [2.05, 4.69) is 28.1 Å². The van der Waals surface area contributed by atoms with Gasteiger partial charge in [0.2, 0.25) is 15.9 Å². The molecule has 1 fully saturated rings. The Balaban J connectivity index is 1.51. The van der Waals surface area contributed by atoms with Crippen LogP contribution in [-0.2, 0) is 21.4 Å². The van der Waals surface area contributed by atoms with Crippen molar-refractivity contribution in [2.45, 2.75) is 57.5 Å². The van der Waals surface area contributed by atoms with Crippen molar-refractivity contribution in [1.82, 2.24) is 19.5 Å². The zero-order chi connectivity index (χ0) is 27.3. The van der Waals surface area contributed by atoms with Gasteiger partial charge < -0.3 is 19.9 Å². The largest absolute Gasteiger partial charge is 0.497 e. The summed E-state index contributed by atoms with van der Waals surface area (Å²) in [6, 6.07) is 5.68. The number of nitrogens with zero attached hydrogens (tertiary/aromatic N) is 4. The van der Waals surface area contributed by atoms with Crippen LogP contribution in [-0.4, -0.2) is 82.4 Å². The standard InChI is InChI=1S/C27H41N5O4S/c1-19-15-24(36-7)16-20(2)26(19)37(34,35)31(6)11-10-25(33)29-23-8-12-32(13-9-23)27-21(3)14-22(17-28-27)18-30(4)5/h14-17,23H,8-13,18H2,1-7H3,(H,29,33). The number of carbonyl (C=O) groups excluding carboxylic acids is 1. The Morgan fingerprint density at radius 2 is 1.70 bits per heavy atom. The van der Waals surface area contributed by atoms with Crippen LogP contribution in [0.25, 0.3) is 0 Å². The molecule has 0 bridgehead atoms. The zero-order valence-electron chi connectivity index (χ0n) is 23.2. The first kappa shape index (κ1) is 28.9. The van der Waals surface area contributed by atoms with Gasteiger partial charge in [-0.3, -0.25) is 4.79 Å². The van der Waals surface area contributed by atoms with E-state index in [-0.39, 0.29) is 29.8 Å². The molecule has 0 spiro atoms. The quantitative estimate of drug-likeness (QED) is 0.504. The van der Waals surface area contributed by atoms with Crippen molar-refractivity contribution in [2.24, 2.45) is 0 Å². The maximum Gasteiger partial charge on any atom is 0.243 e. The second-order valence-electron chi connectivity index (χ2n) is 10.2. The number of carbonyl (C=O) groups is 1. The molecule has 0 unspecified atom stereocenters. The SMILES string of the molecule is COc1cc(C)c(S(=O)(=O)N(C)CCC(=O)NC2CCN(c3ncc(CN(C)C)cc3C)CC2)c(C)c1. The van der Waals surface area contributed by atoms with Crippen molar-refractivity contribution >= 4 is 21.7 Å². The van der Waals surface area contributed by atoms with Crippen LogP contribution in [0.1, 0.15) is 41.5 Å². The van der Waals surface area contributed by atoms with Gasteiger partial charge in [0.1, 0.15) is 11.6 Å². The first-order valence-electron chi connectivity index (χ1n) is 12.7. The molecule has 204 valence electrons. The van der Waals surface area contributed by atoms with Gasteiger partial charge in [0.25, 0.3) is 0 Å². The number of sulfonamides is 1. The number of aryl methyl sites for hydroxylation is 3. The van der Waals surface area contributed by atoms with Gasteiger partial charge in [-0.2, -0.15) is 0 Å². The van der Waals surface area contributed by atoms with E-state index in [1.807, 2.05) is 20.3 Å². The highest BCUT2D eigenvalue weighted by Crippen LogP contribution is 2.28. The average molecular weight is 532 g/mol. The number of aromatic nitrogens is 1. The highest BCUT2D eigenvalue weighted by atomic mass is 32.2. The van der Waals surface area contributed by atoms with E-state index in [9.17, 15) is 13.2 Å². The number of piperidine rings is 1. The van der Waals surface area contributed by atoms with Gasteiger partial charge in [0.15, 0.2) is 0 Å². The zero-order valence-corrected chi connectivity index (χ0v) is 24.0. The number of nitrogens with one attached hydrogen (secondary N) is 1. The summed E-state index contributed by atoms with van der Waals surface area (Å²) in [6.07, 6.45) is 3.70. The molecule has 37 heavy (non-hydrogen) atoms. The van der Waals surface area contributed by atoms with Gasteiger partial charge in [-0.05, 0) is 88.2 Å². The Morgan fingerprint density at radius 1 is 1.08 bits per heavy atom. The van der Waals surface area contributed by atoms with E-state index < -0.39 is 10.0 Å². The molecule has 0 atom stereocenters. The second kappa shape index (κ2) is 12.2. The first-order valence-corrected chi connectivity index (χ1v) is 14.1. The summed E-state index contributed by atoms with van der Waals surface area (Å²) in [7, 11) is 3.43. The van der Waals surface area contributed by atoms with Crippen LogP contribution in [0, 0.1) is 20.8 Å². The predicted molar refractivity (Wildman–Crippen MR) is 147 cm³/mol. The summed E-state index contributed by atoms with van der Waals surface area (Å²) in [5.41, 5.74) is 3.60. The molecule has 0 saturated carbocycles. The van der Waals surface area contributed by atoms with Gasteiger partial charge in [0.05, 0.1) is 12.0 Å². The first-order chi connectivity index (χ1) is 17.4. The average Bonchev–Trinajstić information content (AvgIpc) is 2.82. The number of benzene rings is 1. The molecule has 1 aliphatic heterocycles. The number of pyridine rings is 1. The Morgan fingerprint density at radius 3 is 2.24 bits per heavy atom. The Labute approximate surface area is 221 Å². The molecule has 9 nitrogen and oxygen atoms in total.